The summed E-state index contributed by atoms with van der Waals surface area (Å²) in [7, 11) is 0. The summed E-state index contributed by atoms with van der Waals surface area (Å²) in [6.45, 7) is 2.27. The van der Waals surface area contributed by atoms with E-state index in [1.54, 1.807) is 31.2 Å². The van der Waals surface area contributed by atoms with Crippen LogP contribution in [0.2, 0.25) is 0 Å². The van der Waals surface area contributed by atoms with Crippen LogP contribution in [0.15, 0.2) is 42.7 Å². The number of aromatic nitrogens is 1. The number of amides is 1. The fourth-order valence-electron chi connectivity index (χ4n) is 3.15. The third-order valence-electron chi connectivity index (χ3n) is 4.37. The minimum absolute atomic E-state index is 0.169. The summed E-state index contributed by atoms with van der Waals surface area (Å²) in [6, 6.07) is 9.00. The number of hydrogen-bond donors (Lipinski definition) is 1. The van der Waals surface area contributed by atoms with Gasteiger partial charge in [0.05, 0.1) is 17.9 Å². The molecule has 1 aromatic carbocycles. The zero-order valence-corrected chi connectivity index (χ0v) is 14.5. The van der Waals surface area contributed by atoms with Gasteiger partial charge >= 0.3 is 5.97 Å². The van der Waals surface area contributed by atoms with Crippen molar-refractivity contribution in [2.45, 2.75) is 39.2 Å². The number of anilines is 1. The van der Waals surface area contributed by atoms with Crippen molar-refractivity contribution in [2.75, 3.05) is 11.9 Å². The van der Waals surface area contributed by atoms with Crippen LogP contribution in [0.5, 0.6) is 0 Å². The molecule has 0 radical (unpaired) electrons. The first-order chi connectivity index (χ1) is 12.2. The van der Waals surface area contributed by atoms with Crippen molar-refractivity contribution in [2.24, 2.45) is 0 Å². The Bertz CT molecular complexity index is 786. The SMILES string of the molecule is CCOC(=O)c1ccccc1NC(=O)C[n+]1ccc2c(c1)CCCC2. The predicted molar refractivity (Wildman–Crippen MR) is 94.3 cm³/mol. The maximum Gasteiger partial charge on any atom is 0.340 e. The molecule has 0 bridgehead atoms. The number of carbonyl (C=O) groups is 2. The predicted octanol–water partition coefficient (Wildman–Crippen LogP) is 2.67. The zero-order chi connectivity index (χ0) is 17.6. The number of aryl methyl sites for hydroxylation is 2. The fraction of sp³-hybridized carbons (Fsp3) is 0.350. The highest BCUT2D eigenvalue weighted by Crippen LogP contribution is 2.19. The van der Waals surface area contributed by atoms with E-state index in [-0.39, 0.29) is 12.5 Å². The normalized spacial score (nSPS) is 13.0. The van der Waals surface area contributed by atoms with Gasteiger partial charge in [0.2, 0.25) is 6.54 Å². The van der Waals surface area contributed by atoms with Gasteiger partial charge in [-0.25, -0.2) is 4.79 Å². The minimum atomic E-state index is -0.431. The first-order valence-corrected chi connectivity index (χ1v) is 8.74. The third-order valence-corrected chi connectivity index (χ3v) is 4.37. The summed E-state index contributed by atoms with van der Waals surface area (Å²) in [5, 5.41) is 2.82. The molecule has 5 nitrogen and oxygen atoms in total. The second-order valence-corrected chi connectivity index (χ2v) is 6.19. The van der Waals surface area contributed by atoms with Gasteiger partial charge in [0.25, 0.3) is 5.91 Å². The van der Waals surface area contributed by atoms with Crippen molar-refractivity contribution < 1.29 is 18.9 Å². The molecular weight excluding hydrogens is 316 g/mol. The first-order valence-electron chi connectivity index (χ1n) is 8.74. The Balaban J connectivity index is 1.70. The molecule has 1 heterocycles. The summed E-state index contributed by atoms with van der Waals surface area (Å²) < 4.78 is 6.93. The van der Waals surface area contributed by atoms with Gasteiger partial charge in [0, 0.05) is 11.6 Å². The number of pyridine rings is 1. The largest absolute Gasteiger partial charge is 0.462 e. The zero-order valence-electron chi connectivity index (χ0n) is 14.5. The molecule has 1 N–H and O–H groups in total. The van der Waals surface area contributed by atoms with Gasteiger partial charge < -0.3 is 10.1 Å². The topological polar surface area (TPSA) is 59.3 Å². The molecule has 0 spiro atoms. The van der Waals surface area contributed by atoms with Crippen molar-refractivity contribution >= 4 is 17.6 Å². The maximum absolute atomic E-state index is 12.4. The Kier molecular flexibility index (Phi) is 5.43. The smallest absolute Gasteiger partial charge is 0.340 e. The van der Waals surface area contributed by atoms with E-state index >= 15 is 0 Å². The Morgan fingerprint density at radius 2 is 1.88 bits per heavy atom. The number of nitrogens with zero attached hydrogens (tertiary/aromatic N) is 1. The number of carbonyl (C=O) groups excluding carboxylic acids is 2. The molecule has 0 unspecified atom stereocenters. The highest BCUT2D eigenvalue weighted by Gasteiger charge is 2.18. The quantitative estimate of drug-likeness (QED) is 0.673. The number of para-hydroxylation sites is 1. The van der Waals surface area contributed by atoms with Crippen LogP contribution >= 0.6 is 0 Å². The average molecular weight is 339 g/mol. The van der Waals surface area contributed by atoms with Crippen LogP contribution in [0.1, 0.15) is 41.3 Å². The summed E-state index contributed by atoms with van der Waals surface area (Å²) in [4.78, 5) is 24.4. The van der Waals surface area contributed by atoms with Gasteiger partial charge in [-0.2, -0.15) is 4.57 Å². The second kappa shape index (κ2) is 7.92. The first kappa shape index (κ1) is 17.1. The highest BCUT2D eigenvalue weighted by atomic mass is 16.5. The summed E-state index contributed by atoms with van der Waals surface area (Å²) in [5.41, 5.74) is 3.56. The standard InChI is InChI=1S/C20H22N2O3/c1-2-25-20(24)17-9-5-6-10-18(17)21-19(23)14-22-12-11-15-7-3-4-8-16(15)13-22/h5-6,9-13H,2-4,7-8,14H2,1H3/p+1. The Morgan fingerprint density at radius 1 is 1.12 bits per heavy atom. The molecule has 1 aliphatic carbocycles. The van der Waals surface area contributed by atoms with Gasteiger partial charge in [0.15, 0.2) is 12.4 Å². The van der Waals surface area contributed by atoms with E-state index in [4.69, 9.17) is 4.74 Å². The lowest BCUT2D eigenvalue weighted by Crippen LogP contribution is -2.40. The molecule has 1 aliphatic rings. The number of fused-ring (bicyclic) bond motifs is 1. The molecule has 0 saturated heterocycles. The number of rotatable bonds is 5. The molecule has 1 amide bonds. The molecule has 0 aliphatic heterocycles. The number of esters is 1. The molecule has 25 heavy (non-hydrogen) atoms. The number of nitrogens with one attached hydrogen (secondary N) is 1. The van der Waals surface area contributed by atoms with Gasteiger partial charge in [-0.05, 0) is 50.3 Å². The Morgan fingerprint density at radius 3 is 2.68 bits per heavy atom. The van der Waals surface area contributed by atoms with Gasteiger partial charge in [-0.3, -0.25) is 4.79 Å². The van der Waals surface area contributed by atoms with Crippen LogP contribution in [0.25, 0.3) is 0 Å². The lowest BCUT2D eigenvalue weighted by Gasteiger charge is -2.13. The molecule has 1 aromatic heterocycles. The third kappa shape index (κ3) is 4.24. The monoisotopic (exact) mass is 339 g/mol. The molecular formula is C20H23N2O3+. The molecule has 3 rings (SSSR count). The number of benzene rings is 1. The van der Waals surface area contributed by atoms with Crippen LogP contribution in [-0.4, -0.2) is 18.5 Å². The average Bonchev–Trinajstić information content (AvgIpc) is 2.62. The minimum Gasteiger partial charge on any atom is -0.462 e. The van der Waals surface area contributed by atoms with Crippen molar-refractivity contribution in [1.29, 1.82) is 0 Å². The van der Waals surface area contributed by atoms with E-state index < -0.39 is 5.97 Å². The molecule has 0 atom stereocenters. The second-order valence-electron chi connectivity index (χ2n) is 6.19. The Hall–Kier alpha value is -2.69. The van der Waals surface area contributed by atoms with Crippen molar-refractivity contribution in [3.63, 3.8) is 0 Å². The van der Waals surface area contributed by atoms with Crippen molar-refractivity contribution in [1.82, 2.24) is 0 Å². The molecule has 0 fully saturated rings. The molecule has 2 aromatic rings. The van der Waals surface area contributed by atoms with Gasteiger partial charge in [0.1, 0.15) is 0 Å². The van der Waals surface area contributed by atoms with Crippen LogP contribution in [0.4, 0.5) is 5.69 Å². The molecule has 5 heteroatoms. The van der Waals surface area contributed by atoms with Crippen molar-refractivity contribution in [3.05, 3.63) is 59.4 Å². The highest BCUT2D eigenvalue weighted by molar-refractivity contribution is 6.00. The van der Waals surface area contributed by atoms with Crippen LogP contribution in [0.3, 0.4) is 0 Å². The van der Waals surface area contributed by atoms with E-state index in [0.29, 0.717) is 17.9 Å². The van der Waals surface area contributed by atoms with Gasteiger partial charge in [-0.1, -0.05) is 12.1 Å². The Labute approximate surface area is 147 Å². The molecule has 0 saturated carbocycles. The van der Waals surface area contributed by atoms with Gasteiger partial charge in [-0.15, -0.1) is 0 Å². The van der Waals surface area contributed by atoms with Crippen LogP contribution in [0, 0.1) is 0 Å². The molecule has 130 valence electrons. The number of hydrogen-bond acceptors (Lipinski definition) is 3. The lowest BCUT2D eigenvalue weighted by atomic mass is 9.93. The van der Waals surface area contributed by atoms with Crippen LogP contribution < -0.4 is 9.88 Å². The summed E-state index contributed by atoms with van der Waals surface area (Å²) in [5.74, 6) is -0.600. The van der Waals surface area contributed by atoms with E-state index in [9.17, 15) is 9.59 Å². The van der Waals surface area contributed by atoms with E-state index in [1.807, 2.05) is 10.8 Å². The summed E-state index contributed by atoms with van der Waals surface area (Å²) in [6.07, 6.45) is 8.64. The van der Waals surface area contributed by atoms with E-state index in [2.05, 4.69) is 17.6 Å². The van der Waals surface area contributed by atoms with E-state index in [0.717, 1.165) is 12.8 Å². The maximum atomic E-state index is 12.4. The fourth-order valence-corrected chi connectivity index (χ4v) is 3.15. The van der Waals surface area contributed by atoms with Crippen LogP contribution in [-0.2, 0) is 28.9 Å². The lowest BCUT2D eigenvalue weighted by molar-refractivity contribution is -0.684. The van der Waals surface area contributed by atoms with Crippen molar-refractivity contribution in [3.8, 4) is 0 Å². The summed E-state index contributed by atoms with van der Waals surface area (Å²) >= 11 is 0. The number of ether oxygens (including phenoxy) is 1. The van der Waals surface area contributed by atoms with E-state index in [1.165, 1.54) is 24.0 Å².